The Bertz CT molecular complexity index is 1030. The standard InChI is InChI=1S/C55H100O6/c1-4-7-10-13-16-19-22-24-26-27-29-31-34-36-39-42-45-48-54(57)60-51-52(61-55(58)49-46-43-40-37-32-21-18-15-12-9-6-3)50-59-53(56)47-44-41-38-35-33-30-28-25-23-20-17-14-11-8-5-2/h17,20,25,28,33,35,52H,4-16,18-19,21-24,26-27,29-32,34,36-51H2,1-3H3/b20-17-,28-25-,35-33-/t52-/m1/s1. The Morgan fingerprint density at radius 2 is 0.590 bits per heavy atom. The monoisotopic (exact) mass is 857 g/mol. The van der Waals surface area contributed by atoms with Gasteiger partial charge >= 0.3 is 17.9 Å². The lowest BCUT2D eigenvalue weighted by molar-refractivity contribution is -0.167. The number of ether oxygens (including phenoxy) is 3. The normalized spacial score (nSPS) is 12.2. The molecular formula is C55H100O6. The number of carbonyl (C=O) groups excluding carboxylic acids is 3. The smallest absolute Gasteiger partial charge is 0.306 e. The number of allylic oxidation sites excluding steroid dienone is 6. The maximum Gasteiger partial charge on any atom is 0.306 e. The highest BCUT2D eigenvalue weighted by molar-refractivity contribution is 5.71. The first-order chi connectivity index (χ1) is 30.0. The Labute approximate surface area is 378 Å². The van der Waals surface area contributed by atoms with Gasteiger partial charge in [-0.15, -0.1) is 0 Å². The fourth-order valence-electron chi connectivity index (χ4n) is 7.63. The summed E-state index contributed by atoms with van der Waals surface area (Å²) in [4.78, 5) is 37.9. The van der Waals surface area contributed by atoms with E-state index in [9.17, 15) is 14.4 Å². The minimum absolute atomic E-state index is 0.0798. The van der Waals surface area contributed by atoms with Crippen LogP contribution in [0.1, 0.15) is 278 Å². The van der Waals surface area contributed by atoms with Gasteiger partial charge in [-0.3, -0.25) is 14.4 Å². The van der Waals surface area contributed by atoms with E-state index in [4.69, 9.17) is 14.2 Å². The summed E-state index contributed by atoms with van der Waals surface area (Å²) < 4.78 is 16.8. The summed E-state index contributed by atoms with van der Waals surface area (Å²) in [5, 5.41) is 0. The summed E-state index contributed by atoms with van der Waals surface area (Å²) in [7, 11) is 0. The molecule has 0 aromatic carbocycles. The van der Waals surface area contributed by atoms with Crippen molar-refractivity contribution in [2.45, 2.75) is 284 Å². The van der Waals surface area contributed by atoms with Crippen LogP contribution in [0.5, 0.6) is 0 Å². The lowest BCUT2D eigenvalue weighted by Crippen LogP contribution is -2.30. The van der Waals surface area contributed by atoms with Crippen molar-refractivity contribution < 1.29 is 28.6 Å². The second kappa shape index (κ2) is 50.3. The molecule has 0 heterocycles. The van der Waals surface area contributed by atoms with Gasteiger partial charge in [0.25, 0.3) is 0 Å². The number of hydrogen-bond acceptors (Lipinski definition) is 6. The highest BCUT2D eigenvalue weighted by atomic mass is 16.6. The molecule has 0 aliphatic rings. The van der Waals surface area contributed by atoms with Gasteiger partial charge in [0, 0.05) is 19.3 Å². The number of carbonyl (C=O) groups is 3. The molecule has 0 aliphatic heterocycles. The molecule has 0 aromatic heterocycles. The van der Waals surface area contributed by atoms with E-state index >= 15 is 0 Å². The predicted octanol–water partition coefficient (Wildman–Crippen LogP) is 17.3. The van der Waals surface area contributed by atoms with E-state index in [0.717, 1.165) is 70.6 Å². The molecule has 0 fully saturated rings. The third-order valence-electron chi connectivity index (χ3n) is 11.6. The van der Waals surface area contributed by atoms with Gasteiger partial charge in [-0.2, -0.15) is 0 Å². The van der Waals surface area contributed by atoms with Crippen LogP contribution in [0, 0.1) is 0 Å². The maximum absolute atomic E-state index is 12.8. The average Bonchev–Trinajstić information content (AvgIpc) is 3.26. The largest absolute Gasteiger partial charge is 0.462 e. The van der Waals surface area contributed by atoms with Gasteiger partial charge in [-0.05, 0) is 57.8 Å². The fourth-order valence-corrected chi connectivity index (χ4v) is 7.63. The Morgan fingerprint density at radius 1 is 0.328 bits per heavy atom. The molecule has 0 bridgehead atoms. The van der Waals surface area contributed by atoms with Crippen molar-refractivity contribution >= 4 is 17.9 Å². The first kappa shape index (κ1) is 58.6. The third-order valence-corrected chi connectivity index (χ3v) is 11.6. The van der Waals surface area contributed by atoms with Gasteiger partial charge in [0.05, 0.1) is 0 Å². The van der Waals surface area contributed by atoms with Crippen LogP contribution >= 0.6 is 0 Å². The predicted molar refractivity (Wildman–Crippen MR) is 261 cm³/mol. The van der Waals surface area contributed by atoms with E-state index in [1.54, 1.807) is 0 Å². The minimum atomic E-state index is -0.781. The molecule has 0 saturated heterocycles. The van der Waals surface area contributed by atoms with Crippen molar-refractivity contribution in [1.29, 1.82) is 0 Å². The van der Waals surface area contributed by atoms with Gasteiger partial charge in [-0.25, -0.2) is 0 Å². The Balaban J connectivity index is 4.35. The molecular weight excluding hydrogens is 757 g/mol. The molecule has 0 spiro atoms. The lowest BCUT2D eigenvalue weighted by atomic mass is 10.0. The van der Waals surface area contributed by atoms with Crippen LogP contribution < -0.4 is 0 Å². The van der Waals surface area contributed by atoms with Crippen LogP contribution in [0.3, 0.4) is 0 Å². The van der Waals surface area contributed by atoms with Crippen LogP contribution in [-0.4, -0.2) is 37.2 Å². The van der Waals surface area contributed by atoms with Gasteiger partial charge in [-0.1, -0.05) is 237 Å². The van der Waals surface area contributed by atoms with Crippen molar-refractivity contribution in [3.05, 3.63) is 36.5 Å². The first-order valence-electron chi connectivity index (χ1n) is 26.5. The summed E-state index contributed by atoms with van der Waals surface area (Å²) >= 11 is 0. The SMILES string of the molecule is CCCCC/C=C\C/C=C\C/C=C\CCCCC(=O)OC[C@H](COC(=O)CCCCCCCCCCCCCCCCCCC)OC(=O)CCCCCCCCCCCCC. The van der Waals surface area contributed by atoms with Gasteiger partial charge < -0.3 is 14.2 Å². The van der Waals surface area contributed by atoms with Crippen LogP contribution in [-0.2, 0) is 28.6 Å². The molecule has 0 N–H and O–H groups in total. The number of rotatable bonds is 48. The van der Waals surface area contributed by atoms with Crippen LogP contribution in [0.15, 0.2) is 36.5 Å². The van der Waals surface area contributed by atoms with E-state index in [1.165, 1.54) is 167 Å². The van der Waals surface area contributed by atoms with Gasteiger partial charge in [0.2, 0.25) is 0 Å². The van der Waals surface area contributed by atoms with Crippen LogP contribution in [0.2, 0.25) is 0 Å². The van der Waals surface area contributed by atoms with Crippen LogP contribution in [0.4, 0.5) is 0 Å². The van der Waals surface area contributed by atoms with Gasteiger partial charge in [0.1, 0.15) is 13.2 Å². The summed E-state index contributed by atoms with van der Waals surface area (Å²) in [5.74, 6) is -0.908. The zero-order valence-corrected chi connectivity index (χ0v) is 40.7. The molecule has 6 heteroatoms. The van der Waals surface area contributed by atoms with Crippen molar-refractivity contribution in [3.63, 3.8) is 0 Å². The van der Waals surface area contributed by atoms with Crippen LogP contribution in [0.25, 0.3) is 0 Å². The average molecular weight is 857 g/mol. The summed E-state index contributed by atoms with van der Waals surface area (Å²) in [5.41, 5.74) is 0. The molecule has 0 amide bonds. The summed E-state index contributed by atoms with van der Waals surface area (Å²) in [6.45, 7) is 6.60. The van der Waals surface area contributed by atoms with Gasteiger partial charge in [0.15, 0.2) is 6.10 Å². The van der Waals surface area contributed by atoms with E-state index < -0.39 is 6.10 Å². The van der Waals surface area contributed by atoms with Crippen molar-refractivity contribution in [2.24, 2.45) is 0 Å². The molecule has 0 aromatic rings. The molecule has 6 nitrogen and oxygen atoms in total. The highest BCUT2D eigenvalue weighted by Gasteiger charge is 2.19. The second-order valence-corrected chi connectivity index (χ2v) is 17.8. The first-order valence-corrected chi connectivity index (χ1v) is 26.5. The lowest BCUT2D eigenvalue weighted by Gasteiger charge is -2.18. The Hall–Kier alpha value is -2.37. The Morgan fingerprint density at radius 3 is 0.951 bits per heavy atom. The number of esters is 3. The van der Waals surface area contributed by atoms with Crippen molar-refractivity contribution in [2.75, 3.05) is 13.2 Å². The Kier molecular flexibility index (Phi) is 48.3. The fraction of sp³-hybridized carbons (Fsp3) is 0.836. The molecule has 0 aliphatic carbocycles. The minimum Gasteiger partial charge on any atom is -0.462 e. The van der Waals surface area contributed by atoms with Crippen molar-refractivity contribution in [1.82, 2.24) is 0 Å². The summed E-state index contributed by atoms with van der Waals surface area (Å²) in [6, 6.07) is 0. The third kappa shape index (κ3) is 48.5. The summed E-state index contributed by atoms with van der Waals surface area (Å²) in [6.07, 6.45) is 58.4. The maximum atomic E-state index is 12.8. The molecule has 0 radical (unpaired) electrons. The molecule has 0 saturated carbocycles. The van der Waals surface area contributed by atoms with Crippen molar-refractivity contribution in [3.8, 4) is 0 Å². The zero-order valence-electron chi connectivity index (χ0n) is 40.7. The molecule has 356 valence electrons. The zero-order chi connectivity index (χ0) is 44.4. The van der Waals surface area contributed by atoms with E-state index in [0.29, 0.717) is 19.3 Å². The van der Waals surface area contributed by atoms with E-state index in [-0.39, 0.29) is 31.1 Å². The molecule has 0 rings (SSSR count). The second-order valence-electron chi connectivity index (χ2n) is 17.8. The number of unbranched alkanes of at least 4 members (excludes halogenated alkanes) is 31. The topological polar surface area (TPSA) is 78.9 Å². The molecule has 1 atom stereocenters. The van der Waals surface area contributed by atoms with E-state index in [2.05, 4.69) is 57.2 Å². The highest BCUT2D eigenvalue weighted by Crippen LogP contribution is 2.16. The number of hydrogen-bond donors (Lipinski definition) is 0. The molecule has 0 unspecified atom stereocenters. The van der Waals surface area contributed by atoms with E-state index in [1.807, 2.05) is 0 Å². The quantitative estimate of drug-likeness (QED) is 0.0262. The molecule has 61 heavy (non-hydrogen) atoms.